The molecule has 1 nitrogen and oxygen atoms in total. The smallest absolute Gasteiger partial charge is 0.412 e. The lowest BCUT2D eigenvalue weighted by Gasteiger charge is -2.28. The fourth-order valence-corrected chi connectivity index (χ4v) is 2.63. The summed E-state index contributed by atoms with van der Waals surface area (Å²) in [6.45, 7) is 3.48. The quantitative estimate of drug-likeness (QED) is 0.672. The zero-order valence-electron chi connectivity index (χ0n) is 11.3. The minimum Gasteiger partial charge on any atom is -0.485 e. The standard InChI is InChI=1S/C15H16ClF3O/c1-9-3-6-14(13(16)7-9)20-11-5-4-10(2)12(8-11)15(17,18)19/h3,6-8,10-11H,4-5H2,1-2H3. The van der Waals surface area contributed by atoms with Crippen molar-refractivity contribution in [1.29, 1.82) is 0 Å². The maximum absolute atomic E-state index is 12.9. The van der Waals surface area contributed by atoms with E-state index in [0.29, 0.717) is 23.6 Å². The number of allylic oxidation sites excluding steroid dienone is 1. The van der Waals surface area contributed by atoms with Crippen molar-refractivity contribution in [2.24, 2.45) is 5.92 Å². The molecule has 0 radical (unpaired) electrons. The zero-order chi connectivity index (χ0) is 14.9. The summed E-state index contributed by atoms with van der Waals surface area (Å²) in [5.74, 6) is -0.0575. The monoisotopic (exact) mass is 304 g/mol. The van der Waals surface area contributed by atoms with Crippen molar-refractivity contribution < 1.29 is 17.9 Å². The van der Waals surface area contributed by atoms with E-state index in [9.17, 15) is 13.2 Å². The Hall–Kier alpha value is -1.16. The lowest BCUT2D eigenvalue weighted by molar-refractivity contribution is -0.101. The first kappa shape index (κ1) is 15.2. The van der Waals surface area contributed by atoms with Crippen molar-refractivity contribution in [2.75, 3.05) is 0 Å². The Morgan fingerprint density at radius 2 is 1.95 bits per heavy atom. The van der Waals surface area contributed by atoms with E-state index in [1.807, 2.05) is 13.0 Å². The maximum Gasteiger partial charge on any atom is 0.412 e. The SMILES string of the molecule is Cc1ccc(OC2C=C(C(F)(F)F)C(C)CC2)c(Cl)c1. The molecular weight excluding hydrogens is 289 g/mol. The van der Waals surface area contributed by atoms with E-state index in [1.54, 1.807) is 19.1 Å². The summed E-state index contributed by atoms with van der Waals surface area (Å²) in [6, 6.07) is 5.24. The van der Waals surface area contributed by atoms with E-state index in [0.717, 1.165) is 5.56 Å². The summed E-state index contributed by atoms with van der Waals surface area (Å²) in [7, 11) is 0. The van der Waals surface area contributed by atoms with Crippen LogP contribution in [-0.4, -0.2) is 12.3 Å². The molecule has 0 aromatic heterocycles. The van der Waals surface area contributed by atoms with Crippen molar-refractivity contribution in [1.82, 2.24) is 0 Å². The van der Waals surface area contributed by atoms with E-state index in [1.165, 1.54) is 6.08 Å². The van der Waals surface area contributed by atoms with Gasteiger partial charge in [0.1, 0.15) is 11.9 Å². The Bertz CT molecular complexity index is 522. The Kier molecular flexibility index (Phi) is 4.33. The summed E-state index contributed by atoms with van der Waals surface area (Å²) >= 11 is 6.04. The second-order valence-corrected chi connectivity index (χ2v) is 5.60. The third kappa shape index (κ3) is 3.48. The first-order valence-electron chi connectivity index (χ1n) is 6.49. The molecule has 1 aliphatic carbocycles. The predicted molar refractivity (Wildman–Crippen MR) is 73.1 cm³/mol. The highest BCUT2D eigenvalue weighted by atomic mass is 35.5. The highest BCUT2D eigenvalue weighted by Gasteiger charge is 2.39. The van der Waals surface area contributed by atoms with E-state index < -0.39 is 23.8 Å². The zero-order valence-corrected chi connectivity index (χ0v) is 12.1. The molecule has 2 unspecified atom stereocenters. The third-order valence-corrected chi connectivity index (χ3v) is 3.77. The van der Waals surface area contributed by atoms with Crippen LogP contribution in [0.15, 0.2) is 29.8 Å². The van der Waals surface area contributed by atoms with E-state index in [-0.39, 0.29) is 0 Å². The number of benzene rings is 1. The summed E-state index contributed by atoms with van der Waals surface area (Å²) in [4.78, 5) is 0. The molecule has 0 aliphatic heterocycles. The van der Waals surface area contributed by atoms with Crippen LogP contribution in [0.5, 0.6) is 5.75 Å². The number of hydrogen-bond donors (Lipinski definition) is 0. The first-order valence-corrected chi connectivity index (χ1v) is 6.87. The number of alkyl halides is 3. The van der Waals surface area contributed by atoms with Gasteiger partial charge in [-0.1, -0.05) is 24.6 Å². The van der Waals surface area contributed by atoms with Gasteiger partial charge in [-0.2, -0.15) is 13.2 Å². The number of halogens is 4. The number of aryl methyl sites for hydroxylation is 1. The lowest BCUT2D eigenvalue weighted by atomic mass is 9.87. The van der Waals surface area contributed by atoms with Gasteiger partial charge in [0.2, 0.25) is 0 Å². The van der Waals surface area contributed by atoms with Crippen LogP contribution in [0, 0.1) is 12.8 Å². The van der Waals surface area contributed by atoms with E-state index >= 15 is 0 Å². The molecule has 0 spiro atoms. The van der Waals surface area contributed by atoms with Gasteiger partial charge in [0.15, 0.2) is 0 Å². The Labute approximate surface area is 121 Å². The van der Waals surface area contributed by atoms with Crippen LogP contribution in [0.1, 0.15) is 25.3 Å². The maximum atomic E-state index is 12.9. The molecule has 1 aromatic carbocycles. The molecular formula is C15H16ClF3O. The summed E-state index contributed by atoms with van der Waals surface area (Å²) in [5.41, 5.74) is 0.475. The minimum atomic E-state index is -4.29. The normalized spacial score (nSPS) is 23.4. The highest BCUT2D eigenvalue weighted by molar-refractivity contribution is 6.32. The van der Waals surface area contributed by atoms with Crippen LogP contribution in [0.25, 0.3) is 0 Å². The van der Waals surface area contributed by atoms with Crippen molar-refractivity contribution in [3.8, 4) is 5.75 Å². The van der Waals surface area contributed by atoms with Gasteiger partial charge in [-0.15, -0.1) is 0 Å². The van der Waals surface area contributed by atoms with Gasteiger partial charge in [0, 0.05) is 5.57 Å². The second kappa shape index (κ2) is 5.68. The fraction of sp³-hybridized carbons (Fsp3) is 0.467. The van der Waals surface area contributed by atoms with Gasteiger partial charge in [-0.05, 0) is 49.5 Å². The van der Waals surface area contributed by atoms with Crippen molar-refractivity contribution in [2.45, 2.75) is 39.0 Å². The first-order chi connectivity index (χ1) is 9.27. The van der Waals surface area contributed by atoms with Gasteiger partial charge in [0.05, 0.1) is 5.02 Å². The van der Waals surface area contributed by atoms with Gasteiger partial charge in [0.25, 0.3) is 0 Å². The predicted octanol–water partition coefficient (Wildman–Crippen LogP) is 5.31. The average Bonchev–Trinajstić information content (AvgIpc) is 2.33. The Morgan fingerprint density at radius 3 is 2.55 bits per heavy atom. The molecule has 0 fully saturated rings. The second-order valence-electron chi connectivity index (χ2n) is 5.19. The molecule has 2 rings (SSSR count). The van der Waals surface area contributed by atoms with E-state index in [4.69, 9.17) is 16.3 Å². The summed E-state index contributed by atoms with van der Waals surface area (Å²) in [6.07, 6.45) is -2.67. The third-order valence-electron chi connectivity index (χ3n) is 3.47. The molecule has 0 N–H and O–H groups in total. The molecule has 0 saturated carbocycles. The van der Waals surface area contributed by atoms with Crippen LogP contribution in [0.2, 0.25) is 5.02 Å². The van der Waals surface area contributed by atoms with Gasteiger partial charge >= 0.3 is 6.18 Å². The number of ether oxygens (including phenoxy) is 1. The molecule has 2 atom stereocenters. The molecule has 110 valence electrons. The number of hydrogen-bond acceptors (Lipinski definition) is 1. The molecule has 0 bridgehead atoms. The van der Waals surface area contributed by atoms with Gasteiger partial charge in [-0.25, -0.2) is 0 Å². The van der Waals surface area contributed by atoms with Gasteiger partial charge < -0.3 is 4.74 Å². The molecule has 5 heteroatoms. The van der Waals surface area contributed by atoms with Crippen molar-refractivity contribution >= 4 is 11.6 Å². The molecule has 1 aliphatic rings. The Balaban J connectivity index is 2.19. The summed E-state index contributed by atoms with van der Waals surface area (Å²) < 4.78 is 44.3. The minimum absolute atomic E-state index is 0.422. The summed E-state index contributed by atoms with van der Waals surface area (Å²) in [5, 5.41) is 0.422. The molecule has 20 heavy (non-hydrogen) atoms. The fourth-order valence-electron chi connectivity index (χ4n) is 2.35. The van der Waals surface area contributed by atoms with Crippen LogP contribution < -0.4 is 4.74 Å². The largest absolute Gasteiger partial charge is 0.485 e. The van der Waals surface area contributed by atoms with Crippen LogP contribution >= 0.6 is 11.6 Å². The topological polar surface area (TPSA) is 9.23 Å². The van der Waals surface area contributed by atoms with Crippen LogP contribution in [0.4, 0.5) is 13.2 Å². The average molecular weight is 305 g/mol. The molecule has 0 saturated heterocycles. The lowest BCUT2D eigenvalue weighted by Crippen LogP contribution is -2.28. The highest BCUT2D eigenvalue weighted by Crippen LogP contribution is 2.38. The molecule has 0 heterocycles. The van der Waals surface area contributed by atoms with Crippen molar-refractivity contribution in [3.63, 3.8) is 0 Å². The Morgan fingerprint density at radius 1 is 1.25 bits per heavy atom. The van der Waals surface area contributed by atoms with Crippen LogP contribution in [0.3, 0.4) is 0 Å². The number of rotatable bonds is 2. The molecule has 1 aromatic rings. The van der Waals surface area contributed by atoms with Crippen molar-refractivity contribution in [3.05, 3.63) is 40.4 Å². The molecule has 0 amide bonds. The van der Waals surface area contributed by atoms with Gasteiger partial charge in [-0.3, -0.25) is 0 Å². The van der Waals surface area contributed by atoms with E-state index in [2.05, 4.69) is 0 Å². The van der Waals surface area contributed by atoms with Crippen LogP contribution in [-0.2, 0) is 0 Å².